The first-order valence-corrected chi connectivity index (χ1v) is 8.08. The summed E-state index contributed by atoms with van der Waals surface area (Å²) in [4.78, 5) is 28.2. The minimum Gasteiger partial charge on any atom is -0.482 e. The predicted molar refractivity (Wildman–Crippen MR) is 91.8 cm³/mol. The van der Waals surface area contributed by atoms with E-state index in [0.717, 1.165) is 18.5 Å². The predicted octanol–water partition coefficient (Wildman–Crippen LogP) is 2.63. The third kappa shape index (κ3) is 2.33. The van der Waals surface area contributed by atoms with E-state index in [1.807, 2.05) is 23.1 Å². The third-order valence-electron chi connectivity index (χ3n) is 4.65. The van der Waals surface area contributed by atoms with Crippen molar-refractivity contribution in [1.82, 2.24) is 0 Å². The first kappa shape index (κ1) is 14.8. The van der Waals surface area contributed by atoms with E-state index >= 15 is 0 Å². The number of hydrogen-bond donors (Lipinski definition) is 0. The van der Waals surface area contributed by atoms with Crippen molar-refractivity contribution >= 4 is 23.2 Å². The van der Waals surface area contributed by atoms with Crippen LogP contribution in [0.25, 0.3) is 0 Å². The van der Waals surface area contributed by atoms with Gasteiger partial charge >= 0.3 is 0 Å². The van der Waals surface area contributed by atoms with Gasteiger partial charge < -0.3 is 14.5 Å². The number of ether oxygens (including phenoxy) is 1. The Morgan fingerprint density at radius 2 is 1.96 bits per heavy atom. The Bertz CT molecular complexity index is 831. The molecule has 2 aliphatic rings. The zero-order valence-corrected chi connectivity index (χ0v) is 13.5. The molecule has 2 aliphatic heterocycles. The highest BCUT2D eigenvalue weighted by atomic mass is 16.5. The van der Waals surface area contributed by atoms with Crippen molar-refractivity contribution in [3.63, 3.8) is 0 Å². The maximum Gasteiger partial charge on any atom is 0.264 e. The van der Waals surface area contributed by atoms with Crippen molar-refractivity contribution in [3.05, 3.63) is 53.6 Å². The zero-order valence-electron chi connectivity index (χ0n) is 13.5. The largest absolute Gasteiger partial charge is 0.482 e. The lowest BCUT2D eigenvalue weighted by atomic mass is 10.0. The Balaban J connectivity index is 1.70. The number of anilines is 2. The lowest BCUT2D eigenvalue weighted by molar-refractivity contribution is -0.120. The molecule has 0 aromatic heterocycles. The van der Waals surface area contributed by atoms with Gasteiger partial charge in [0.25, 0.3) is 11.8 Å². The average Bonchev–Trinajstić information content (AvgIpc) is 2.63. The highest BCUT2D eigenvalue weighted by Crippen LogP contribution is 2.34. The molecule has 5 heteroatoms. The van der Waals surface area contributed by atoms with Crippen molar-refractivity contribution in [1.29, 1.82) is 0 Å². The van der Waals surface area contributed by atoms with Crippen LogP contribution in [-0.4, -0.2) is 32.0 Å². The van der Waals surface area contributed by atoms with Gasteiger partial charge in [0.1, 0.15) is 5.75 Å². The fourth-order valence-corrected chi connectivity index (χ4v) is 3.31. The van der Waals surface area contributed by atoms with Gasteiger partial charge in [0, 0.05) is 24.8 Å². The summed E-state index contributed by atoms with van der Waals surface area (Å²) < 4.78 is 5.43. The van der Waals surface area contributed by atoms with Gasteiger partial charge in [-0.3, -0.25) is 9.59 Å². The molecule has 4 rings (SSSR count). The van der Waals surface area contributed by atoms with Gasteiger partial charge in [0.2, 0.25) is 0 Å². The van der Waals surface area contributed by atoms with E-state index in [4.69, 9.17) is 4.74 Å². The molecule has 0 bridgehead atoms. The van der Waals surface area contributed by atoms with Gasteiger partial charge in [-0.2, -0.15) is 0 Å². The number of fused-ring (bicyclic) bond motifs is 2. The standard InChI is InChI=1S/C19H18N2O3/c1-20-16-11-14(8-9-17(16)24-12-18(20)22)19(23)21-10-4-6-13-5-2-3-7-15(13)21/h2-3,5,7-9,11H,4,6,10,12H2,1H3. The normalized spacial score (nSPS) is 16.3. The minimum atomic E-state index is -0.115. The number of carbonyl (C=O) groups excluding carboxylic acids is 2. The van der Waals surface area contributed by atoms with E-state index in [9.17, 15) is 9.59 Å². The molecule has 122 valence electrons. The number of para-hydroxylation sites is 1. The smallest absolute Gasteiger partial charge is 0.264 e. The van der Waals surface area contributed by atoms with Crippen LogP contribution in [0, 0.1) is 0 Å². The number of rotatable bonds is 1. The van der Waals surface area contributed by atoms with Crippen LogP contribution in [0.3, 0.4) is 0 Å². The summed E-state index contributed by atoms with van der Waals surface area (Å²) >= 11 is 0. The molecule has 0 spiro atoms. The monoisotopic (exact) mass is 322 g/mol. The summed E-state index contributed by atoms with van der Waals surface area (Å²) in [6.45, 7) is 0.745. The quantitative estimate of drug-likeness (QED) is 0.811. The van der Waals surface area contributed by atoms with Crippen molar-refractivity contribution in [2.45, 2.75) is 12.8 Å². The van der Waals surface area contributed by atoms with Crippen LogP contribution in [0.1, 0.15) is 22.3 Å². The fraction of sp³-hybridized carbons (Fsp3) is 0.263. The van der Waals surface area contributed by atoms with Gasteiger partial charge in [0.15, 0.2) is 6.61 Å². The first-order valence-electron chi connectivity index (χ1n) is 8.08. The topological polar surface area (TPSA) is 49.9 Å². The Kier molecular flexibility index (Phi) is 3.49. The van der Waals surface area contributed by atoms with Gasteiger partial charge in [-0.15, -0.1) is 0 Å². The van der Waals surface area contributed by atoms with Gasteiger partial charge in [0.05, 0.1) is 5.69 Å². The summed E-state index contributed by atoms with van der Waals surface area (Å²) in [5.74, 6) is 0.472. The fourth-order valence-electron chi connectivity index (χ4n) is 3.31. The molecule has 0 aliphatic carbocycles. The van der Waals surface area contributed by atoms with Crippen LogP contribution in [0.2, 0.25) is 0 Å². The molecule has 2 amide bonds. The lowest BCUT2D eigenvalue weighted by Crippen LogP contribution is -2.37. The van der Waals surface area contributed by atoms with Crippen LogP contribution in [0.15, 0.2) is 42.5 Å². The maximum absolute atomic E-state index is 13.0. The van der Waals surface area contributed by atoms with Crippen molar-refractivity contribution in [3.8, 4) is 5.75 Å². The van der Waals surface area contributed by atoms with Gasteiger partial charge in [-0.1, -0.05) is 18.2 Å². The maximum atomic E-state index is 13.0. The molecule has 2 aromatic carbocycles. The van der Waals surface area contributed by atoms with Crippen LogP contribution >= 0.6 is 0 Å². The summed E-state index contributed by atoms with van der Waals surface area (Å²) in [5.41, 5.74) is 3.39. The summed E-state index contributed by atoms with van der Waals surface area (Å²) in [6.07, 6.45) is 1.95. The summed E-state index contributed by atoms with van der Waals surface area (Å²) in [6, 6.07) is 13.3. The molecular weight excluding hydrogens is 304 g/mol. The highest BCUT2D eigenvalue weighted by Gasteiger charge is 2.27. The molecular formula is C19H18N2O3. The van der Waals surface area contributed by atoms with Gasteiger partial charge in [-0.25, -0.2) is 0 Å². The Morgan fingerprint density at radius 1 is 1.12 bits per heavy atom. The Morgan fingerprint density at radius 3 is 2.83 bits per heavy atom. The first-order chi connectivity index (χ1) is 11.6. The number of aryl methyl sites for hydroxylation is 1. The molecule has 0 saturated heterocycles. The van der Waals surface area contributed by atoms with E-state index in [2.05, 4.69) is 6.07 Å². The molecule has 2 heterocycles. The van der Waals surface area contributed by atoms with E-state index in [0.29, 0.717) is 23.5 Å². The molecule has 0 unspecified atom stereocenters. The van der Waals surface area contributed by atoms with E-state index in [-0.39, 0.29) is 18.4 Å². The average molecular weight is 322 g/mol. The summed E-state index contributed by atoms with van der Waals surface area (Å²) in [7, 11) is 1.70. The molecule has 0 atom stereocenters. The second kappa shape index (κ2) is 5.67. The minimum absolute atomic E-state index is 0.0380. The van der Waals surface area contributed by atoms with Crippen molar-refractivity contribution < 1.29 is 14.3 Å². The van der Waals surface area contributed by atoms with Crippen molar-refractivity contribution in [2.75, 3.05) is 30.0 Å². The van der Waals surface area contributed by atoms with Crippen LogP contribution in [0.4, 0.5) is 11.4 Å². The second-order valence-electron chi connectivity index (χ2n) is 6.11. The number of amides is 2. The Labute approximate surface area is 140 Å². The van der Waals surface area contributed by atoms with Gasteiger partial charge in [-0.05, 0) is 42.7 Å². The Hall–Kier alpha value is -2.82. The number of likely N-dealkylation sites (N-methyl/N-ethyl adjacent to an activating group) is 1. The molecule has 24 heavy (non-hydrogen) atoms. The SMILES string of the molecule is CN1C(=O)COc2ccc(C(=O)N3CCCc4ccccc43)cc21. The highest BCUT2D eigenvalue weighted by molar-refractivity contribution is 6.08. The lowest BCUT2D eigenvalue weighted by Gasteiger charge is -2.30. The van der Waals surface area contributed by atoms with Crippen LogP contribution < -0.4 is 14.5 Å². The second-order valence-corrected chi connectivity index (χ2v) is 6.11. The molecule has 2 aromatic rings. The number of nitrogens with zero attached hydrogens (tertiary/aromatic N) is 2. The van der Waals surface area contributed by atoms with E-state index in [1.54, 1.807) is 30.1 Å². The summed E-state index contributed by atoms with van der Waals surface area (Å²) in [5, 5.41) is 0. The number of benzene rings is 2. The van der Waals surface area contributed by atoms with E-state index in [1.165, 1.54) is 5.56 Å². The van der Waals surface area contributed by atoms with Crippen LogP contribution in [0.5, 0.6) is 5.75 Å². The van der Waals surface area contributed by atoms with E-state index < -0.39 is 0 Å². The number of carbonyl (C=O) groups is 2. The molecule has 0 fully saturated rings. The molecule has 0 radical (unpaired) electrons. The third-order valence-corrected chi connectivity index (χ3v) is 4.65. The molecule has 0 saturated carbocycles. The van der Waals surface area contributed by atoms with Crippen molar-refractivity contribution in [2.24, 2.45) is 0 Å². The molecule has 0 N–H and O–H groups in total. The number of hydrogen-bond acceptors (Lipinski definition) is 3. The zero-order chi connectivity index (χ0) is 16.7. The van der Waals surface area contributed by atoms with Crippen LogP contribution in [-0.2, 0) is 11.2 Å². The molecule has 5 nitrogen and oxygen atoms in total.